The normalized spacial score (nSPS) is 12.2. The van der Waals surface area contributed by atoms with E-state index in [2.05, 4.69) is 125 Å². The highest BCUT2D eigenvalue weighted by atomic mass is 19.1. The van der Waals surface area contributed by atoms with E-state index in [1.807, 2.05) is 27.7 Å². The van der Waals surface area contributed by atoms with Crippen LogP contribution in [0.5, 0.6) is 0 Å². The van der Waals surface area contributed by atoms with Crippen LogP contribution < -0.4 is 0 Å². The van der Waals surface area contributed by atoms with Gasteiger partial charge in [0.15, 0.2) is 0 Å². The molecule has 0 aliphatic carbocycles. The van der Waals surface area contributed by atoms with Crippen LogP contribution in [0.1, 0.15) is 44.5 Å². The van der Waals surface area contributed by atoms with E-state index < -0.39 is 0 Å². The third kappa shape index (κ3) is 5.68. The Labute approximate surface area is 369 Å². The van der Waals surface area contributed by atoms with Crippen LogP contribution in [0.2, 0.25) is 0 Å². The van der Waals surface area contributed by atoms with Crippen molar-refractivity contribution in [3.63, 3.8) is 0 Å². The van der Waals surface area contributed by atoms with Crippen molar-refractivity contribution in [3.8, 4) is 44.5 Å². The quantitative estimate of drug-likeness (QED) is 0.165. The second-order valence-electron chi connectivity index (χ2n) is 18.5. The molecule has 0 unspecified atom stereocenters. The number of fused-ring (bicyclic) bond motifs is 8. The fourth-order valence-electron chi connectivity index (χ4n) is 11.3. The lowest BCUT2D eigenvalue weighted by Gasteiger charge is -2.19. The second kappa shape index (κ2) is 13.6. The molecule has 64 heavy (non-hydrogen) atoms. The molecule has 4 heteroatoms. The maximum Gasteiger partial charge on any atom is 0.143 e. The summed E-state index contributed by atoms with van der Waals surface area (Å²) in [5.74, 6) is -0.460. The zero-order chi connectivity index (χ0) is 44.0. The van der Waals surface area contributed by atoms with Gasteiger partial charge < -0.3 is 8.83 Å². The highest BCUT2D eigenvalue weighted by molar-refractivity contribution is 6.38. The Morgan fingerprint density at radius 1 is 0.312 bits per heavy atom. The smallest absolute Gasteiger partial charge is 0.143 e. The Balaban J connectivity index is 1.25. The van der Waals surface area contributed by atoms with E-state index in [4.69, 9.17) is 8.83 Å². The maximum absolute atomic E-state index is 14.5. The number of rotatable bonds is 4. The van der Waals surface area contributed by atoms with Crippen molar-refractivity contribution < 1.29 is 17.6 Å². The third-order valence-corrected chi connectivity index (χ3v) is 13.6. The van der Waals surface area contributed by atoms with E-state index in [-0.39, 0.29) is 11.6 Å². The highest BCUT2D eigenvalue weighted by Gasteiger charge is 2.26. The van der Waals surface area contributed by atoms with E-state index in [1.54, 1.807) is 24.3 Å². The summed E-state index contributed by atoms with van der Waals surface area (Å²) in [7, 11) is 0. The number of hydrogen-bond acceptors (Lipinski definition) is 2. The van der Waals surface area contributed by atoms with E-state index in [0.717, 1.165) is 143 Å². The predicted molar refractivity (Wildman–Crippen MR) is 264 cm³/mol. The Bertz CT molecular complexity index is 3660. The summed E-state index contributed by atoms with van der Waals surface area (Å²) in [6, 6.07) is 42.2. The first-order chi connectivity index (χ1) is 30.8. The molecule has 0 aliphatic rings. The molecule has 0 radical (unpaired) electrons. The van der Waals surface area contributed by atoms with Gasteiger partial charge in [-0.2, -0.15) is 0 Å². The van der Waals surface area contributed by atoms with Crippen molar-refractivity contribution in [1.82, 2.24) is 0 Å². The Hall–Kier alpha value is -7.30. The first-order valence-electron chi connectivity index (χ1n) is 22.0. The molecule has 0 saturated heterocycles. The molecule has 2 nitrogen and oxygen atoms in total. The monoisotopic (exact) mass is 834 g/mol. The van der Waals surface area contributed by atoms with Gasteiger partial charge >= 0.3 is 0 Å². The van der Waals surface area contributed by atoms with Crippen LogP contribution in [-0.4, -0.2) is 0 Å². The molecule has 0 atom stereocenters. The molecule has 12 aromatic rings. The van der Waals surface area contributed by atoms with Gasteiger partial charge in [-0.25, -0.2) is 8.78 Å². The van der Waals surface area contributed by atoms with Crippen molar-refractivity contribution in [2.75, 3.05) is 0 Å². The molecule has 0 aliphatic heterocycles. The van der Waals surface area contributed by atoms with Gasteiger partial charge in [-0.15, -0.1) is 0 Å². The molecular weight excluding hydrogens is 791 g/mol. The van der Waals surface area contributed by atoms with Crippen LogP contribution in [0.25, 0.3) is 121 Å². The number of hydrogen-bond donors (Lipinski definition) is 0. The van der Waals surface area contributed by atoms with E-state index >= 15 is 0 Å². The molecule has 0 saturated carbocycles. The van der Waals surface area contributed by atoms with Crippen molar-refractivity contribution >= 4 is 76.2 Å². The van der Waals surface area contributed by atoms with Crippen molar-refractivity contribution in [1.29, 1.82) is 0 Å². The van der Waals surface area contributed by atoms with E-state index in [1.165, 1.54) is 22.3 Å². The summed E-state index contributed by atoms with van der Waals surface area (Å²) in [4.78, 5) is 0. The molecule has 2 heterocycles. The summed E-state index contributed by atoms with van der Waals surface area (Å²) in [6.07, 6.45) is 0. The van der Waals surface area contributed by atoms with Gasteiger partial charge in [-0.05, 0) is 206 Å². The highest BCUT2D eigenvalue weighted by Crippen LogP contribution is 2.51. The number of benzene rings is 10. The fourth-order valence-corrected chi connectivity index (χ4v) is 11.3. The summed E-state index contributed by atoms with van der Waals surface area (Å²) >= 11 is 0. The molecule has 0 amide bonds. The molecule has 12 rings (SSSR count). The topological polar surface area (TPSA) is 26.3 Å². The summed E-state index contributed by atoms with van der Waals surface area (Å²) in [5.41, 5.74) is 20.1. The Morgan fingerprint density at radius 3 is 1.03 bits per heavy atom. The predicted octanol–water partition coefficient (Wildman–Crippen LogP) is 17.8. The lowest BCUT2D eigenvalue weighted by atomic mass is 9.83. The molecule has 10 aromatic carbocycles. The van der Waals surface area contributed by atoms with E-state index in [0.29, 0.717) is 0 Å². The van der Waals surface area contributed by atoms with Gasteiger partial charge in [-0.3, -0.25) is 0 Å². The summed E-state index contributed by atoms with van der Waals surface area (Å²) < 4.78 is 43.1. The van der Waals surface area contributed by atoms with Crippen LogP contribution in [0.3, 0.4) is 0 Å². The average Bonchev–Trinajstić information content (AvgIpc) is 3.78. The van der Waals surface area contributed by atoms with Gasteiger partial charge in [0.05, 0.1) is 0 Å². The maximum atomic E-state index is 14.5. The molecule has 0 N–H and O–H groups in total. The SMILES string of the molecule is Cc1cc(C)cc(-c2cc3c4oc5cc(-c6c(C)cc(F)cc6C)ccc5c4cc4c(-c5cc(C)cc(C)c5)cc5c6oc7cc(-c8c(C)cc(F)cc8C)ccc7c6cc2c5c43)c1. The minimum atomic E-state index is -0.230. The van der Waals surface area contributed by atoms with Crippen LogP contribution in [0.15, 0.2) is 130 Å². The molecule has 0 fully saturated rings. The molecule has 2 aromatic heterocycles. The lowest BCUT2D eigenvalue weighted by molar-refractivity contribution is 0.625. The average molecular weight is 835 g/mol. The van der Waals surface area contributed by atoms with Crippen LogP contribution in [-0.2, 0) is 0 Å². The van der Waals surface area contributed by atoms with Crippen molar-refractivity contribution in [2.45, 2.75) is 55.4 Å². The van der Waals surface area contributed by atoms with Crippen LogP contribution in [0, 0.1) is 67.0 Å². The van der Waals surface area contributed by atoms with Crippen molar-refractivity contribution in [2.24, 2.45) is 0 Å². The molecular formula is C60H44F2O2. The molecule has 0 spiro atoms. The van der Waals surface area contributed by atoms with Gasteiger partial charge in [0.2, 0.25) is 0 Å². The van der Waals surface area contributed by atoms with Gasteiger partial charge in [0.1, 0.15) is 34.0 Å². The Kier molecular flexibility index (Phi) is 8.16. The summed E-state index contributed by atoms with van der Waals surface area (Å²) in [6.45, 7) is 16.5. The Morgan fingerprint density at radius 2 is 0.672 bits per heavy atom. The van der Waals surface area contributed by atoms with Crippen molar-refractivity contribution in [3.05, 3.63) is 177 Å². The lowest BCUT2D eigenvalue weighted by Crippen LogP contribution is -1.93. The largest absolute Gasteiger partial charge is 0.455 e. The first-order valence-corrected chi connectivity index (χ1v) is 22.0. The van der Waals surface area contributed by atoms with Crippen LogP contribution in [0.4, 0.5) is 8.78 Å². The first kappa shape index (κ1) is 38.4. The number of furan rings is 2. The minimum absolute atomic E-state index is 0.230. The van der Waals surface area contributed by atoms with E-state index in [9.17, 15) is 8.78 Å². The zero-order valence-electron chi connectivity index (χ0n) is 37.1. The van der Waals surface area contributed by atoms with Crippen LogP contribution >= 0.6 is 0 Å². The number of aryl methyl sites for hydroxylation is 8. The number of halogens is 2. The second-order valence-corrected chi connectivity index (χ2v) is 18.5. The molecule has 0 bridgehead atoms. The third-order valence-electron chi connectivity index (χ3n) is 13.6. The molecule has 310 valence electrons. The standard InChI is InChI=1S/C60H44F2O2/c1-29-13-30(2)16-39(15-29)45-25-51-58-48(28-50-44-12-10-38(24-54(44)63-59(50)51)56-35(7)21-42(62)22-36(56)8)46(40-17-31(3)14-32(4)18-40)26-52-57(58)47(45)27-49-43-11-9-37(23-53(43)64-60(49)52)55-33(5)19-41(61)20-34(55)6/h9-28H,1-8H3. The van der Waals surface area contributed by atoms with Gasteiger partial charge in [0.25, 0.3) is 0 Å². The van der Waals surface area contributed by atoms with Gasteiger partial charge in [0, 0.05) is 43.1 Å². The summed E-state index contributed by atoms with van der Waals surface area (Å²) in [5, 5.41) is 10.8. The van der Waals surface area contributed by atoms with Gasteiger partial charge in [-0.1, -0.05) is 70.8 Å². The zero-order valence-corrected chi connectivity index (χ0v) is 37.1. The fraction of sp³-hybridized carbons (Fsp3) is 0.133. The minimum Gasteiger partial charge on any atom is -0.455 e.